The third kappa shape index (κ3) is 16.5. The summed E-state index contributed by atoms with van der Waals surface area (Å²) in [6.45, 7) is 27.1. The predicted molar refractivity (Wildman–Crippen MR) is 555 cm³/mol. The van der Waals surface area contributed by atoms with E-state index in [1.165, 1.54) is 90.3 Å². The Bertz CT molecular complexity index is 9370. The molecule has 0 amide bonds. The van der Waals surface area contributed by atoms with Crippen molar-refractivity contribution in [3.05, 3.63) is 355 Å². The van der Waals surface area contributed by atoms with E-state index in [1.807, 2.05) is 68.0 Å². The van der Waals surface area contributed by atoms with Gasteiger partial charge in [0.15, 0.2) is 24.8 Å². The number of nitrogens with zero attached hydrogens (tertiary/aromatic N) is 8. The summed E-state index contributed by atoms with van der Waals surface area (Å²) in [5, 5.41) is 46.1. The molecule has 12 nitrogen and oxygen atoms in total. The van der Waals surface area contributed by atoms with E-state index >= 15 is 0 Å². The third-order valence-electron chi connectivity index (χ3n) is 27.9. The molecule has 2 saturated carbocycles. The number of aromatic nitrogens is 4. The van der Waals surface area contributed by atoms with Crippen LogP contribution in [0, 0.1) is 127 Å². The second kappa shape index (κ2) is 37.3. The van der Waals surface area contributed by atoms with Gasteiger partial charge in [-0.05, 0) is 258 Å². The number of hydrogen-bond acceptors (Lipinski definition) is 8. The fraction of sp³-hybridized carbons (Fsp3) is 0.232. The van der Waals surface area contributed by atoms with Crippen LogP contribution in [-0.2, 0) is 34.6 Å². The topological polar surface area (TPSA) is 163 Å². The van der Waals surface area contributed by atoms with Crippen LogP contribution in [0.4, 0.5) is 0 Å². The highest BCUT2D eigenvalue weighted by atomic mass is 16.3. The lowest BCUT2D eigenvalue weighted by Crippen LogP contribution is -2.32. The summed E-state index contributed by atoms with van der Waals surface area (Å²) in [5.41, 5.74) is 33.5. The van der Waals surface area contributed by atoms with Crippen LogP contribution >= 0.6 is 0 Å². The normalized spacial score (nSPS) is 14.3. The van der Waals surface area contributed by atoms with Gasteiger partial charge < -0.3 is 17.7 Å². The molecule has 12 aromatic carbocycles. The summed E-state index contributed by atoms with van der Waals surface area (Å²) in [5.74, 6) is 1.56. The van der Waals surface area contributed by atoms with E-state index in [-0.39, 0.29) is 52.9 Å². The van der Waals surface area contributed by atoms with Crippen LogP contribution in [0.15, 0.2) is 273 Å². The zero-order chi connectivity index (χ0) is 109. The molecule has 2 aliphatic rings. The van der Waals surface area contributed by atoms with Crippen molar-refractivity contribution < 1.29 is 56.5 Å². The van der Waals surface area contributed by atoms with Crippen molar-refractivity contribution in [2.45, 2.75) is 160 Å². The Hall–Kier alpha value is -15.6. The second-order valence-electron chi connectivity index (χ2n) is 37.7. The summed E-state index contributed by atoms with van der Waals surface area (Å²) < 4.78 is 160. The van der Waals surface area contributed by atoms with Crippen LogP contribution in [0.2, 0.25) is 0 Å². The van der Waals surface area contributed by atoms with E-state index in [0.717, 1.165) is 140 Å². The molecule has 0 bridgehead atoms. The minimum absolute atomic E-state index is 0.0515. The molecule has 0 radical (unpaired) electrons. The van der Waals surface area contributed by atoms with Gasteiger partial charge in [0.05, 0.1) is 89.3 Å². The SMILES string of the molecule is Cc1ccc(-c2ccc(C#N)c3c2oc2c(-c4cc(C)cc[n+]4C)c(C)ccc23)cc1.[2H]c1c([2H])c([2H])c(-c2ccc(C#N)c3c2oc2c(-c4cc(C5CCCC5)c(C)c[n+]4C)c(C)cc(C)c23)c([2H])c1[2H].[2H]c1c([2H])c([2H])c(-c2ccc(C#N)c3c2oc2c(-c4cc(C5CCCC5)cc[n+]4C)c(C)cc(C)c23)c([2H])c1[2H].[2H]c1c([2H])c([2H])c(-c2ccc(C#N)c3c2oc2c(-c4cc(CC(C)C)c(C)c[n+]4C)c(C)cc(C)c23)c([2H])c1[2H]. The van der Waals surface area contributed by atoms with Crippen LogP contribution in [-0.4, -0.2) is 0 Å². The van der Waals surface area contributed by atoms with Gasteiger partial charge >= 0.3 is 0 Å². The molecule has 2 aliphatic carbocycles. The Morgan fingerprint density at radius 2 is 0.693 bits per heavy atom. The molecule has 0 aliphatic heterocycles. The first-order valence-electron chi connectivity index (χ1n) is 54.4. The quantitative estimate of drug-likeness (QED) is 0.109. The van der Waals surface area contributed by atoms with Crippen LogP contribution in [0.25, 0.3) is 177 Å². The van der Waals surface area contributed by atoms with Crippen molar-refractivity contribution in [3.63, 3.8) is 0 Å². The van der Waals surface area contributed by atoms with E-state index in [1.54, 1.807) is 36.4 Å². The minimum Gasteiger partial charge on any atom is -0.454 e. The molecule has 8 heterocycles. The van der Waals surface area contributed by atoms with E-state index in [2.05, 4.69) is 221 Å². The number of pyridine rings is 4. The zero-order valence-corrected chi connectivity index (χ0v) is 80.4. The molecular weight excluding hydrogens is 1680 g/mol. The largest absolute Gasteiger partial charge is 0.454 e. The van der Waals surface area contributed by atoms with E-state index in [9.17, 15) is 21.0 Å². The lowest BCUT2D eigenvalue weighted by atomic mass is 9.90. The Labute approximate surface area is 823 Å². The molecule has 20 aromatic rings. The molecule has 0 unspecified atom stereocenters. The zero-order valence-electron chi connectivity index (χ0n) is 95.4. The maximum Gasteiger partial charge on any atom is 0.216 e. The van der Waals surface area contributed by atoms with Gasteiger partial charge in [0.1, 0.15) is 72.9 Å². The standard InChI is InChI=1S/C33H31N2O.C32H29N2O.C32H31N2O.C28H23N2O/c1-20-16-21(2)30-31-25(18-34)14-15-26(23-10-6-5-7-11-23)32(31)36-33(30)29(20)28-17-27(22(3)19-35(28)4)24-12-8-9-13-24;1-20-17-21(2)29-30-25(19-33)13-14-26(23-11-5-4-6-12-23)31(30)35-32(29)28(20)27-18-24(15-16-34(27)3)22-9-7-8-10-22;1-19(2)14-25-16-27(34(6)18-22(25)5)28-20(3)15-21(4)29-30-24(17-33)12-13-26(31(30)35-32(28)29)23-10-8-7-9-11-23;1-17-5-8-20(9-6-17)22-12-10-21(16-29)26-23-11-7-19(3)25(28(23)31-27(22)26)24-15-18(2)13-14-30(24)4/h5-7,10-11,14-17,19,24H,8-9,12-13H2,1-4H3;4-6,11-18,22H,7-10H2,1-3H3;7-13,15-16,18-19H,14H2,1-6H3;5-15H,1-4H3/q4*+1/i5D,6D,7D,10D,11D;4D,5D,6D,11D,12D;7D,8D,9D,10D,11D;. The van der Waals surface area contributed by atoms with Gasteiger partial charge in [0, 0.05) is 113 Å². The van der Waals surface area contributed by atoms with Gasteiger partial charge in [-0.1, -0.05) is 190 Å². The highest BCUT2D eigenvalue weighted by Crippen LogP contribution is 2.51. The lowest BCUT2D eigenvalue weighted by molar-refractivity contribution is -0.660. The number of fused-ring (bicyclic) bond motifs is 12. The Morgan fingerprint density at radius 1 is 0.321 bits per heavy atom. The Balaban J connectivity index is 0.000000127. The van der Waals surface area contributed by atoms with Gasteiger partial charge in [-0.2, -0.15) is 21.0 Å². The van der Waals surface area contributed by atoms with E-state index in [0.29, 0.717) is 106 Å². The molecule has 674 valence electrons. The monoisotopic (exact) mass is 1810 g/mol. The first-order chi connectivity index (χ1) is 72.5. The summed E-state index contributed by atoms with van der Waals surface area (Å²) in [6, 6.07) is 49.4. The maximum atomic E-state index is 10.1. The second-order valence-corrected chi connectivity index (χ2v) is 37.7. The van der Waals surface area contributed by atoms with Crippen molar-refractivity contribution in [2.75, 3.05) is 0 Å². The average Bonchev–Trinajstić information content (AvgIpc) is 1.59. The first kappa shape index (κ1) is 73.8. The highest BCUT2D eigenvalue weighted by molar-refractivity contribution is 6.20. The van der Waals surface area contributed by atoms with Gasteiger partial charge in [-0.15, -0.1) is 0 Å². The smallest absolute Gasteiger partial charge is 0.216 e. The van der Waals surface area contributed by atoms with Gasteiger partial charge in [-0.3, -0.25) is 0 Å². The number of hydrogen-bond donors (Lipinski definition) is 0. The number of furan rings is 4. The van der Waals surface area contributed by atoms with Gasteiger partial charge in [0.25, 0.3) is 0 Å². The molecule has 8 aromatic heterocycles. The number of aryl methyl sites for hydroxylation is 15. The van der Waals surface area contributed by atoms with Crippen LogP contribution in [0.3, 0.4) is 0 Å². The van der Waals surface area contributed by atoms with Crippen LogP contribution < -0.4 is 18.3 Å². The molecule has 137 heavy (non-hydrogen) atoms. The average molecular weight is 1810 g/mol. The van der Waals surface area contributed by atoms with Gasteiger partial charge in [-0.25, -0.2) is 18.3 Å². The number of rotatable bonds is 12. The fourth-order valence-corrected chi connectivity index (χ4v) is 21.3. The Morgan fingerprint density at radius 3 is 1.13 bits per heavy atom. The molecule has 22 rings (SSSR count). The number of benzene rings is 12. The van der Waals surface area contributed by atoms with Crippen LogP contribution in [0.5, 0.6) is 0 Å². The number of nitriles is 4. The molecule has 0 spiro atoms. The van der Waals surface area contributed by atoms with Crippen molar-refractivity contribution in [1.29, 1.82) is 21.0 Å². The molecular formula is C125H114N8O4+4. The van der Waals surface area contributed by atoms with Gasteiger partial charge in [0.2, 0.25) is 22.8 Å². The van der Waals surface area contributed by atoms with E-state index in [4.69, 9.17) is 38.2 Å². The fourth-order valence-electron chi connectivity index (χ4n) is 21.3. The first-order valence-corrected chi connectivity index (χ1v) is 46.9. The highest BCUT2D eigenvalue weighted by Gasteiger charge is 2.34. The van der Waals surface area contributed by atoms with Crippen molar-refractivity contribution >= 4 is 87.8 Å². The maximum absolute atomic E-state index is 10.1. The van der Waals surface area contributed by atoms with Crippen molar-refractivity contribution in [1.82, 2.24) is 0 Å². The summed E-state index contributed by atoms with van der Waals surface area (Å²) in [6.07, 6.45) is 19.1. The van der Waals surface area contributed by atoms with E-state index < -0.39 is 54.4 Å². The third-order valence-corrected chi connectivity index (χ3v) is 27.9. The molecule has 0 saturated heterocycles. The summed E-state index contributed by atoms with van der Waals surface area (Å²) in [7, 11) is 8.11. The van der Waals surface area contributed by atoms with Crippen molar-refractivity contribution in [3.8, 4) is 114 Å². The van der Waals surface area contributed by atoms with Crippen LogP contribution in [0.1, 0.15) is 198 Å². The van der Waals surface area contributed by atoms with Crippen molar-refractivity contribution in [2.24, 2.45) is 34.1 Å². The molecule has 12 heteroatoms. The molecule has 2 fully saturated rings. The molecule has 0 atom stereocenters. The summed E-state index contributed by atoms with van der Waals surface area (Å²) in [4.78, 5) is 0. The lowest BCUT2D eigenvalue weighted by Gasteiger charge is -2.15. The summed E-state index contributed by atoms with van der Waals surface area (Å²) >= 11 is 0. The molecule has 0 N–H and O–H groups in total. The predicted octanol–water partition coefficient (Wildman–Crippen LogP) is 30.4. The Kier molecular flexibility index (Phi) is 20.1. The minimum atomic E-state index is -0.453.